The highest BCUT2D eigenvalue weighted by Gasteiger charge is 2.17. The van der Waals surface area contributed by atoms with Crippen LogP contribution in [-0.2, 0) is 4.74 Å². The van der Waals surface area contributed by atoms with Crippen molar-refractivity contribution in [3.63, 3.8) is 0 Å². The van der Waals surface area contributed by atoms with Crippen molar-refractivity contribution in [1.82, 2.24) is 0 Å². The van der Waals surface area contributed by atoms with Crippen LogP contribution >= 0.6 is 11.6 Å². The number of ether oxygens (including phenoxy) is 1. The molecule has 2 N–H and O–H groups in total. The second kappa shape index (κ2) is 4.89. The summed E-state index contributed by atoms with van der Waals surface area (Å²) in [6, 6.07) is 5.60. The summed E-state index contributed by atoms with van der Waals surface area (Å²) in [7, 11) is 0. The van der Waals surface area contributed by atoms with Crippen LogP contribution in [0.4, 0.5) is 0 Å². The molecule has 0 aromatic heterocycles. The predicted octanol–water partition coefficient (Wildman–Crippen LogP) is 3.34. The van der Waals surface area contributed by atoms with Gasteiger partial charge in [0.1, 0.15) is 5.76 Å². The molecule has 0 bridgehead atoms. The van der Waals surface area contributed by atoms with Crippen LogP contribution in [0.5, 0.6) is 0 Å². The van der Waals surface area contributed by atoms with Gasteiger partial charge in [-0.15, -0.1) is 0 Å². The molecular formula is C13H16ClNO. The second-order valence-electron chi connectivity index (χ2n) is 4.08. The molecule has 1 aromatic carbocycles. The minimum atomic E-state index is -0.169. The van der Waals surface area contributed by atoms with Gasteiger partial charge in [-0.2, -0.15) is 0 Å². The average Bonchev–Trinajstić information content (AvgIpc) is 2.29. The van der Waals surface area contributed by atoms with Crippen LogP contribution in [-0.4, -0.2) is 6.61 Å². The summed E-state index contributed by atoms with van der Waals surface area (Å²) in [6.07, 6.45) is 4.22. The summed E-state index contributed by atoms with van der Waals surface area (Å²) in [5.41, 5.74) is 8.37. The normalized spacial score (nSPS) is 17.6. The zero-order valence-corrected chi connectivity index (χ0v) is 10.1. The van der Waals surface area contributed by atoms with E-state index in [1.54, 1.807) is 0 Å². The first-order valence-electron chi connectivity index (χ1n) is 5.53. The summed E-state index contributed by atoms with van der Waals surface area (Å²) in [4.78, 5) is 0. The van der Waals surface area contributed by atoms with Crippen molar-refractivity contribution in [3.8, 4) is 0 Å². The largest absolute Gasteiger partial charge is 0.496 e. The maximum absolute atomic E-state index is 6.18. The SMILES string of the molecule is Cc1cc(Cl)ccc1C(N)C1=CCCCO1. The molecule has 1 heterocycles. The van der Waals surface area contributed by atoms with Crippen molar-refractivity contribution in [3.05, 3.63) is 46.2 Å². The van der Waals surface area contributed by atoms with Gasteiger partial charge < -0.3 is 10.5 Å². The fraction of sp³-hybridized carbons (Fsp3) is 0.385. The minimum absolute atomic E-state index is 0.169. The molecule has 1 aromatic rings. The Morgan fingerprint density at radius 3 is 2.88 bits per heavy atom. The lowest BCUT2D eigenvalue weighted by molar-refractivity contribution is 0.175. The topological polar surface area (TPSA) is 35.2 Å². The molecule has 0 aliphatic carbocycles. The number of allylic oxidation sites excluding steroid dienone is 1. The molecular weight excluding hydrogens is 222 g/mol. The standard InChI is InChI=1S/C13H16ClNO/c1-9-8-10(14)5-6-11(9)13(15)12-4-2-3-7-16-12/h4-6,8,13H,2-3,7,15H2,1H3. The molecule has 16 heavy (non-hydrogen) atoms. The van der Waals surface area contributed by atoms with Crippen LogP contribution in [0.3, 0.4) is 0 Å². The van der Waals surface area contributed by atoms with E-state index < -0.39 is 0 Å². The van der Waals surface area contributed by atoms with Crippen molar-refractivity contribution < 1.29 is 4.74 Å². The Hall–Kier alpha value is -0.990. The Labute approximate surface area is 101 Å². The molecule has 1 aliphatic rings. The highest BCUT2D eigenvalue weighted by Crippen LogP contribution is 2.27. The monoisotopic (exact) mass is 237 g/mol. The Morgan fingerprint density at radius 1 is 1.44 bits per heavy atom. The number of nitrogens with two attached hydrogens (primary N) is 1. The van der Waals surface area contributed by atoms with E-state index in [2.05, 4.69) is 6.08 Å². The Morgan fingerprint density at radius 2 is 2.25 bits per heavy atom. The van der Waals surface area contributed by atoms with E-state index in [1.165, 1.54) is 0 Å². The summed E-state index contributed by atoms with van der Waals surface area (Å²) in [5.74, 6) is 0.886. The summed E-state index contributed by atoms with van der Waals surface area (Å²) in [6.45, 7) is 2.79. The third-order valence-electron chi connectivity index (χ3n) is 2.84. The van der Waals surface area contributed by atoms with Crippen LogP contribution in [0, 0.1) is 6.92 Å². The summed E-state index contributed by atoms with van der Waals surface area (Å²) < 4.78 is 5.58. The van der Waals surface area contributed by atoms with Crippen molar-refractivity contribution in [2.45, 2.75) is 25.8 Å². The van der Waals surface area contributed by atoms with Gasteiger partial charge in [0.05, 0.1) is 12.6 Å². The number of hydrogen-bond donors (Lipinski definition) is 1. The first-order valence-corrected chi connectivity index (χ1v) is 5.91. The predicted molar refractivity (Wildman–Crippen MR) is 66.4 cm³/mol. The van der Waals surface area contributed by atoms with Gasteiger partial charge in [-0.05, 0) is 49.1 Å². The van der Waals surface area contributed by atoms with Crippen molar-refractivity contribution in [1.29, 1.82) is 0 Å². The Balaban J connectivity index is 2.26. The number of benzene rings is 1. The Kier molecular flexibility index (Phi) is 3.52. The van der Waals surface area contributed by atoms with Crippen molar-refractivity contribution in [2.75, 3.05) is 6.61 Å². The molecule has 2 rings (SSSR count). The molecule has 0 radical (unpaired) electrons. The van der Waals surface area contributed by atoms with Gasteiger partial charge in [0.2, 0.25) is 0 Å². The maximum atomic E-state index is 6.18. The number of aryl methyl sites for hydroxylation is 1. The minimum Gasteiger partial charge on any atom is -0.496 e. The van der Waals surface area contributed by atoms with Crippen LogP contribution in [0.1, 0.15) is 30.0 Å². The van der Waals surface area contributed by atoms with Crippen LogP contribution in [0.2, 0.25) is 5.02 Å². The zero-order valence-electron chi connectivity index (χ0n) is 9.37. The fourth-order valence-corrected chi connectivity index (χ4v) is 2.16. The van der Waals surface area contributed by atoms with Gasteiger partial charge in [0.25, 0.3) is 0 Å². The van der Waals surface area contributed by atoms with E-state index in [1.807, 2.05) is 25.1 Å². The maximum Gasteiger partial charge on any atom is 0.113 e. The lowest BCUT2D eigenvalue weighted by Gasteiger charge is -2.22. The molecule has 1 atom stereocenters. The van der Waals surface area contributed by atoms with Crippen molar-refractivity contribution >= 4 is 11.6 Å². The van der Waals surface area contributed by atoms with Gasteiger partial charge in [0.15, 0.2) is 0 Å². The average molecular weight is 238 g/mol. The van der Waals surface area contributed by atoms with E-state index in [0.29, 0.717) is 0 Å². The zero-order chi connectivity index (χ0) is 11.5. The first kappa shape index (κ1) is 11.5. The fourth-order valence-electron chi connectivity index (χ4n) is 1.93. The second-order valence-corrected chi connectivity index (χ2v) is 4.51. The first-order chi connectivity index (χ1) is 7.68. The van der Waals surface area contributed by atoms with E-state index >= 15 is 0 Å². The van der Waals surface area contributed by atoms with Gasteiger partial charge in [-0.25, -0.2) is 0 Å². The quantitative estimate of drug-likeness (QED) is 0.856. The smallest absolute Gasteiger partial charge is 0.113 e. The number of halogens is 1. The van der Waals surface area contributed by atoms with Gasteiger partial charge in [0, 0.05) is 5.02 Å². The third-order valence-corrected chi connectivity index (χ3v) is 3.07. The molecule has 0 saturated carbocycles. The molecule has 3 heteroatoms. The van der Waals surface area contributed by atoms with Crippen molar-refractivity contribution in [2.24, 2.45) is 5.73 Å². The van der Waals surface area contributed by atoms with E-state index in [-0.39, 0.29) is 6.04 Å². The number of rotatable bonds is 2. The van der Waals surface area contributed by atoms with Gasteiger partial charge >= 0.3 is 0 Å². The summed E-state index contributed by atoms with van der Waals surface area (Å²) >= 11 is 5.92. The van der Waals surface area contributed by atoms with Crippen LogP contribution in [0.15, 0.2) is 30.0 Å². The molecule has 2 nitrogen and oxygen atoms in total. The van der Waals surface area contributed by atoms with E-state index in [0.717, 1.165) is 41.4 Å². The molecule has 86 valence electrons. The molecule has 0 saturated heterocycles. The summed E-state index contributed by atoms with van der Waals surface area (Å²) in [5, 5.41) is 0.743. The molecule has 0 amide bonds. The lowest BCUT2D eigenvalue weighted by atomic mass is 9.99. The third kappa shape index (κ3) is 2.39. The lowest BCUT2D eigenvalue weighted by Crippen LogP contribution is -2.18. The highest BCUT2D eigenvalue weighted by atomic mass is 35.5. The van der Waals surface area contributed by atoms with Crippen LogP contribution in [0.25, 0.3) is 0 Å². The highest BCUT2D eigenvalue weighted by molar-refractivity contribution is 6.30. The van der Waals surface area contributed by atoms with E-state index in [9.17, 15) is 0 Å². The van der Waals surface area contributed by atoms with Gasteiger partial charge in [-0.3, -0.25) is 0 Å². The van der Waals surface area contributed by atoms with E-state index in [4.69, 9.17) is 22.1 Å². The number of hydrogen-bond acceptors (Lipinski definition) is 2. The molecule has 1 aliphatic heterocycles. The molecule has 0 fully saturated rings. The van der Waals surface area contributed by atoms with Crippen LogP contribution < -0.4 is 5.73 Å². The molecule has 0 spiro atoms. The molecule has 1 unspecified atom stereocenters. The Bertz CT molecular complexity index is 414. The van der Waals surface area contributed by atoms with Gasteiger partial charge in [-0.1, -0.05) is 17.7 Å².